The number of nitrogens with zero attached hydrogens (tertiary/aromatic N) is 2. The fourth-order valence-corrected chi connectivity index (χ4v) is 1.13. The van der Waals surface area contributed by atoms with Gasteiger partial charge in [0.25, 0.3) is 5.91 Å². The second-order valence-corrected chi connectivity index (χ2v) is 3.07. The third kappa shape index (κ3) is 2.10. The fraction of sp³-hybridized carbons (Fsp3) is 0.200. The van der Waals surface area contributed by atoms with Gasteiger partial charge in [-0.2, -0.15) is 5.10 Å². The molecule has 0 aliphatic heterocycles. The van der Waals surface area contributed by atoms with Gasteiger partial charge in [-0.05, 0) is 6.07 Å². The van der Waals surface area contributed by atoms with Crippen LogP contribution in [0.2, 0.25) is 0 Å². The highest BCUT2D eigenvalue weighted by Crippen LogP contribution is 2.08. The van der Waals surface area contributed by atoms with E-state index < -0.39 is 0 Å². The van der Waals surface area contributed by atoms with Crippen molar-refractivity contribution in [2.45, 2.75) is 0 Å². The van der Waals surface area contributed by atoms with Gasteiger partial charge in [-0.1, -0.05) is 18.2 Å². The Kier molecular flexibility index (Phi) is 3.23. The van der Waals surface area contributed by atoms with Gasteiger partial charge >= 0.3 is 0 Å². The van der Waals surface area contributed by atoms with Crippen LogP contribution in [0.4, 0.5) is 0 Å². The van der Waals surface area contributed by atoms with E-state index in [-0.39, 0.29) is 5.91 Å². The molecule has 0 saturated heterocycles. The van der Waals surface area contributed by atoms with Crippen LogP contribution in [0, 0.1) is 0 Å². The van der Waals surface area contributed by atoms with E-state index >= 15 is 0 Å². The lowest BCUT2D eigenvalue weighted by molar-refractivity contribution is 0.0827. The van der Waals surface area contributed by atoms with Crippen LogP contribution < -0.4 is 5.84 Å². The highest BCUT2D eigenvalue weighted by molar-refractivity contribution is 6.02. The molecule has 0 heterocycles. The molecule has 1 aromatic carbocycles. The van der Waals surface area contributed by atoms with Crippen molar-refractivity contribution in [1.82, 2.24) is 4.90 Å². The van der Waals surface area contributed by atoms with Gasteiger partial charge < -0.3 is 10.7 Å². The van der Waals surface area contributed by atoms with E-state index in [1.165, 1.54) is 11.1 Å². The maximum absolute atomic E-state index is 11.7. The molecule has 1 aromatic rings. The minimum Gasteiger partial charge on any atom is -0.345 e. The molecule has 0 aliphatic carbocycles. The predicted octanol–water partition coefficient (Wildman–Crippen LogP) is 0.681. The van der Waals surface area contributed by atoms with Gasteiger partial charge in [0.2, 0.25) is 0 Å². The van der Waals surface area contributed by atoms with E-state index in [0.717, 1.165) is 5.56 Å². The first kappa shape index (κ1) is 10.2. The molecule has 4 heteroatoms. The van der Waals surface area contributed by atoms with Crippen LogP contribution in [0.15, 0.2) is 29.4 Å². The summed E-state index contributed by atoms with van der Waals surface area (Å²) in [5.74, 6) is 5.00. The normalized spacial score (nSPS) is 10.4. The largest absolute Gasteiger partial charge is 0.345 e. The molecule has 74 valence electrons. The van der Waals surface area contributed by atoms with Crippen molar-refractivity contribution < 1.29 is 4.79 Å². The zero-order chi connectivity index (χ0) is 10.6. The van der Waals surface area contributed by atoms with Crippen molar-refractivity contribution in [3.63, 3.8) is 0 Å². The van der Waals surface area contributed by atoms with E-state index in [0.29, 0.717) is 5.56 Å². The van der Waals surface area contributed by atoms with E-state index in [9.17, 15) is 4.79 Å². The zero-order valence-corrected chi connectivity index (χ0v) is 8.27. The summed E-state index contributed by atoms with van der Waals surface area (Å²) in [6.45, 7) is 0. The zero-order valence-electron chi connectivity index (χ0n) is 8.27. The topological polar surface area (TPSA) is 58.7 Å². The van der Waals surface area contributed by atoms with Crippen molar-refractivity contribution in [3.8, 4) is 0 Å². The van der Waals surface area contributed by atoms with Gasteiger partial charge in [-0.15, -0.1) is 0 Å². The summed E-state index contributed by atoms with van der Waals surface area (Å²) in [6, 6.07) is 7.19. The molecule has 0 fully saturated rings. The Morgan fingerprint density at radius 2 is 2.07 bits per heavy atom. The quantitative estimate of drug-likeness (QED) is 0.424. The summed E-state index contributed by atoms with van der Waals surface area (Å²) in [4.78, 5) is 13.2. The first-order valence-corrected chi connectivity index (χ1v) is 4.20. The van der Waals surface area contributed by atoms with Gasteiger partial charge in [0, 0.05) is 25.2 Å². The van der Waals surface area contributed by atoms with E-state index in [2.05, 4.69) is 5.10 Å². The van der Waals surface area contributed by atoms with Crippen molar-refractivity contribution in [2.24, 2.45) is 10.9 Å². The van der Waals surface area contributed by atoms with Crippen molar-refractivity contribution in [3.05, 3.63) is 35.4 Å². The van der Waals surface area contributed by atoms with Crippen LogP contribution in [0.25, 0.3) is 0 Å². The van der Waals surface area contributed by atoms with Gasteiger partial charge in [0.15, 0.2) is 0 Å². The highest BCUT2D eigenvalue weighted by Gasteiger charge is 2.10. The van der Waals surface area contributed by atoms with Crippen LogP contribution >= 0.6 is 0 Å². The molecule has 1 amide bonds. The summed E-state index contributed by atoms with van der Waals surface area (Å²) < 4.78 is 0. The Morgan fingerprint density at radius 1 is 1.43 bits per heavy atom. The number of nitrogens with two attached hydrogens (primary N) is 1. The third-order valence-corrected chi connectivity index (χ3v) is 1.81. The van der Waals surface area contributed by atoms with Crippen LogP contribution in [-0.2, 0) is 0 Å². The van der Waals surface area contributed by atoms with Gasteiger partial charge in [-0.25, -0.2) is 0 Å². The van der Waals surface area contributed by atoms with Gasteiger partial charge in [-0.3, -0.25) is 4.79 Å². The second kappa shape index (κ2) is 4.41. The molecule has 0 atom stereocenters. The minimum absolute atomic E-state index is 0.0551. The Hall–Kier alpha value is -1.84. The highest BCUT2D eigenvalue weighted by atomic mass is 16.2. The Labute approximate surface area is 83.0 Å². The molecule has 0 aromatic heterocycles. The van der Waals surface area contributed by atoms with Crippen LogP contribution in [0.1, 0.15) is 15.9 Å². The number of hydrazone groups is 1. The SMILES string of the molecule is CN(C)C(=O)c1ccccc1C=NN. The predicted molar refractivity (Wildman–Crippen MR) is 56.2 cm³/mol. The average Bonchev–Trinajstić information content (AvgIpc) is 2.18. The number of amides is 1. The van der Waals surface area contributed by atoms with Crippen LogP contribution in [0.3, 0.4) is 0 Å². The Morgan fingerprint density at radius 3 is 2.64 bits per heavy atom. The third-order valence-electron chi connectivity index (χ3n) is 1.81. The molecule has 0 aliphatic rings. The van der Waals surface area contributed by atoms with Crippen LogP contribution in [0.5, 0.6) is 0 Å². The van der Waals surface area contributed by atoms with Gasteiger partial charge in [0.05, 0.1) is 6.21 Å². The molecule has 1 rings (SSSR count). The van der Waals surface area contributed by atoms with Gasteiger partial charge in [0.1, 0.15) is 0 Å². The summed E-state index contributed by atoms with van der Waals surface area (Å²) >= 11 is 0. The number of carbonyl (C=O) groups is 1. The Bertz CT molecular complexity index is 358. The Balaban J connectivity index is 3.13. The molecule has 2 N–H and O–H groups in total. The lowest BCUT2D eigenvalue weighted by Gasteiger charge is -2.11. The first-order valence-electron chi connectivity index (χ1n) is 4.20. The summed E-state index contributed by atoms with van der Waals surface area (Å²) in [5, 5.41) is 3.41. The number of benzene rings is 1. The summed E-state index contributed by atoms with van der Waals surface area (Å²) in [6.07, 6.45) is 1.47. The molecule has 0 radical (unpaired) electrons. The van der Waals surface area contributed by atoms with Crippen molar-refractivity contribution in [2.75, 3.05) is 14.1 Å². The molecule has 0 spiro atoms. The first-order chi connectivity index (χ1) is 6.66. The lowest BCUT2D eigenvalue weighted by Crippen LogP contribution is -2.22. The molecule has 0 bridgehead atoms. The average molecular weight is 191 g/mol. The van der Waals surface area contributed by atoms with Crippen molar-refractivity contribution in [1.29, 1.82) is 0 Å². The molecular formula is C10H13N3O. The minimum atomic E-state index is -0.0551. The molecule has 0 saturated carbocycles. The standard InChI is InChI=1S/C10H13N3O/c1-13(2)10(14)9-6-4-3-5-8(9)7-12-11/h3-7H,11H2,1-2H3. The summed E-state index contributed by atoms with van der Waals surface area (Å²) in [5.41, 5.74) is 1.33. The molecule has 4 nitrogen and oxygen atoms in total. The molecule has 0 unspecified atom stereocenters. The smallest absolute Gasteiger partial charge is 0.254 e. The maximum Gasteiger partial charge on any atom is 0.254 e. The number of carbonyl (C=O) groups excluding carboxylic acids is 1. The van der Waals surface area contributed by atoms with Crippen molar-refractivity contribution >= 4 is 12.1 Å². The second-order valence-electron chi connectivity index (χ2n) is 3.07. The monoisotopic (exact) mass is 191 g/mol. The lowest BCUT2D eigenvalue weighted by atomic mass is 10.1. The van der Waals surface area contributed by atoms with E-state index in [4.69, 9.17) is 5.84 Å². The number of hydrogen-bond donors (Lipinski definition) is 1. The maximum atomic E-state index is 11.7. The summed E-state index contributed by atoms with van der Waals surface area (Å²) in [7, 11) is 3.41. The fourth-order valence-electron chi connectivity index (χ4n) is 1.13. The van der Waals surface area contributed by atoms with Crippen LogP contribution in [-0.4, -0.2) is 31.1 Å². The number of rotatable bonds is 2. The molecular weight excluding hydrogens is 178 g/mol. The molecule has 14 heavy (non-hydrogen) atoms. The van der Waals surface area contributed by atoms with E-state index in [1.54, 1.807) is 26.2 Å². The number of hydrogen-bond acceptors (Lipinski definition) is 3. The van der Waals surface area contributed by atoms with E-state index in [1.807, 2.05) is 12.1 Å².